The van der Waals surface area contributed by atoms with Crippen LogP contribution >= 0.6 is 0 Å². The number of carbonyl (C=O) groups is 2. The van der Waals surface area contributed by atoms with Gasteiger partial charge in [0.25, 0.3) is 5.91 Å². The van der Waals surface area contributed by atoms with Gasteiger partial charge in [0.05, 0.1) is 11.1 Å². The molecule has 2 N–H and O–H groups in total. The van der Waals surface area contributed by atoms with Crippen LogP contribution in [0, 0.1) is 5.92 Å². The van der Waals surface area contributed by atoms with Crippen molar-refractivity contribution in [1.29, 1.82) is 0 Å². The number of phenols is 1. The number of fused-ring (bicyclic) bond motifs is 2. The summed E-state index contributed by atoms with van der Waals surface area (Å²) in [5, 5.41) is 18.2. The first-order valence-corrected chi connectivity index (χ1v) is 10.2. The van der Waals surface area contributed by atoms with E-state index in [4.69, 9.17) is 0 Å². The number of phenolic OH excluding ortho intramolecular Hbond substituents is 1. The van der Waals surface area contributed by atoms with Gasteiger partial charge in [-0.15, -0.1) is 0 Å². The van der Waals surface area contributed by atoms with Crippen LogP contribution in [0.15, 0.2) is 36.4 Å². The maximum atomic E-state index is 13.1. The van der Waals surface area contributed by atoms with E-state index in [0.717, 1.165) is 36.8 Å². The molecule has 0 spiro atoms. The molecule has 0 bridgehead atoms. The molecule has 1 saturated carbocycles. The number of benzene rings is 2. The summed E-state index contributed by atoms with van der Waals surface area (Å²) in [6, 6.07) is 11.1. The molecule has 1 fully saturated rings. The van der Waals surface area contributed by atoms with Gasteiger partial charge in [-0.3, -0.25) is 14.7 Å². The van der Waals surface area contributed by atoms with Crippen molar-refractivity contribution in [2.75, 3.05) is 0 Å². The van der Waals surface area contributed by atoms with E-state index < -0.39 is 0 Å². The van der Waals surface area contributed by atoms with E-state index in [-0.39, 0.29) is 28.9 Å². The van der Waals surface area contributed by atoms with Crippen LogP contribution < -0.4 is 0 Å². The maximum Gasteiger partial charge on any atom is 0.258 e. The average molecular weight is 389 g/mol. The Hall–Kier alpha value is -3.15. The quantitative estimate of drug-likeness (QED) is 0.658. The molecule has 1 aliphatic carbocycles. The van der Waals surface area contributed by atoms with E-state index in [1.54, 1.807) is 11.0 Å². The van der Waals surface area contributed by atoms with E-state index in [1.165, 1.54) is 12.5 Å². The molecule has 148 valence electrons. The highest BCUT2D eigenvalue weighted by Gasteiger charge is 2.29. The van der Waals surface area contributed by atoms with Gasteiger partial charge in [-0.2, -0.15) is 5.10 Å². The number of aromatic hydroxyl groups is 1. The van der Waals surface area contributed by atoms with Crippen molar-refractivity contribution < 1.29 is 14.7 Å². The fraction of sp³-hybridized carbons (Fsp3) is 0.348. The summed E-state index contributed by atoms with van der Waals surface area (Å²) >= 11 is 0. The van der Waals surface area contributed by atoms with Crippen molar-refractivity contribution in [1.82, 2.24) is 15.1 Å². The third-order valence-corrected chi connectivity index (χ3v) is 6.25. The molecule has 1 aliphatic heterocycles. The lowest BCUT2D eigenvalue weighted by molar-refractivity contribution is 0.0748. The van der Waals surface area contributed by atoms with E-state index in [9.17, 15) is 14.7 Å². The molecule has 5 rings (SSSR count). The van der Waals surface area contributed by atoms with Crippen LogP contribution in [0.5, 0.6) is 5.75 Å². The third-order valence-electron chi connectivity index (χ3n) is 6.25. The van der Waals surface area contributed by atoms with Gasteiger partial charge in [-0.25, -0.2) is 0 Å². The number of Topliss-reactive ketones (excluding diaryl/α,β-unsaturated/α-hetero) is 1. The number of hydrogen-bond acceptors (Lipinski definition) is 4. The molecular formula is C23H23N3O3. The Morgan fingerprint density at radius 2 is 1.72 bits per heavy atom. The number of hydrogen-bond donors (Lipinski definition) is 2. The highest BCUT2D eigenvalue weighted by molar-refractivity contribution is 6.10. The van der Waals surface area contributed by atoms with Gasteiger partial charge >= 0.3 is 0 Å². The normalized spacial score (nSPS) is 16.9. The number of ketones is 1. The topological polar surface area (TPSA) is 86.3 Å². The Labute approximate surface area is 168 Å². The molecule has 29 heavy (non-hydrogen) atoms. The minimum Gasteiger partial charge on any atom is -0.507 e. The molecule has 2 heterocycles. The maximum absolute atomic E-state index is 13.1. The van der Waals surface area contributed by atoms with Crippen LogP contribution in [0.1, 0.15) is 64.1 Å². The molecule has 6 nitrogen and oxygen atoms in total. The zero-order valence-corrected chi connectivity index (χ0v) is 16.1. The summed E-state index contributed by atoms with van der Waals surface area (Å²) in [5.41, 5.74) is 3.41. The standard InChI is InChI=1S/C23H23N3O3/c27-20-11-19-17(21(25-24-19)22(28)14-6-2-1-3-7-14)10-18(20)23(29)26-12-15-8-4-5-9-16(15)13-26/h4-5,8-11,14,27H,1-3,6-7,12-13H2,(H,24,25). The van der Waals surface area contributed by atoms with E-state index in [0.29, 0.717) is 29.7 Å². The minimum absolute atomic E-state index is 0.00344. The first-order chi connectivity index (χ1) is 14.1. The summed E-state index contributed by atoms with van der Waals surface area (Å²) in [7, 11) is 0. The van der Waals surface area contributed by atoms with Crippen molar-refractivity contribution in [2.24, 2.45) is 5.92 Å². The van der Waals surface area contributed by atoms with E-state index in [1.807, 2.05) is 24.3 Å². The van der Waals surface area contributed by atoms with Crippen molar-refractivity contribution in [3.05, 3.63) is 58.8 Å². The number of nitrogens with one attached hydrogen (secondary N) is 1. The van der Waals surface area contributed by atoms with Gasteiger partial charge in [0.2, 0.25) is 0 Å². The molecule has 0 radical (unpaired) electrons. The van der Waals surface area contributed by atoms with E-state index in [2.05, 4.69) is 10.2 Å². The summed E-state index contributed by atoms with van der Waals surface area (Å²) in [5.74, 6) is -0.304. The Bertz CT molecular complexity index is 1090. The lowest BCUT2D eigenvalue weighted by Crippen LogP contribution is -2.25. The smallest absolute Gasteiger partial charge is 0.258 e. The first kappa shape index (κ1) is 17.9. The summed E-state index contributed by atoms with van der Waals surface area (Å²) < 4.78 is 0. The minimum atomic E-state index is -0.238. The second-order valence-corrected chi connectivity index (χ2v) is 8.12. The highest BCUT2D eigenvalue weighted by atomic mass is 16.3. The Morgan fingerprint density at radius 3 is 2.41 bits per heavy atom. The average Bonchev–Trinajstić information content (AvgIpc) is 3.36. The molecule has 0 unspecified atom stereocenters. The van der Waals surface area contributed by atoms with E-state index >= 15 is 0 Å². The fourth-order valence-electron chi connectivity index (χ4n) is 4.62. The van der Waals surface area contributed by atoms with Crippen molar-refractivity contribution in [3.8, 4) is 5.75 Å². The Balaban J connectivity index is 1.47. The third kappa shape index (κ3) is 3.09. The number of aromatic amines is 1. The number of rotatable bonds is 3. The van der Waals surface area contributed by atoms with Crippen molar-refractivity contribution in [3.63, 3.8) is 0 Å². The van der Waals surface area contributed by atoms with Crippen molar-refractivity contribution in [2.45, 2.75) is 45.2 Å². The molecule has 2 aromatic carbocycles. The van der Waals surface area contributed by atoms with Gasteiger partial charge in [-0.05, 0) is 30.0 Å². The molecular weight excluding hydrogens is 366 g/mol. The van der Waals surface area contributed by atoms with Crippen LogP contribution in [-0.2, 0) is 13.1 Å². The molecule has 1 amide bonds. The molecule has 0 saturated heterocycles. The number of nitrogens with zero attached hydrogens (tertiary/aromatic N) is 2. The molecule has 3 aromatic rings. The molecule has 2 aliphatic rings. The zero-order chi connectivity index (χ0) is 20.0. The van der Waals surface area contributed by atoms with Gasteiger partial charge < -0.3 is 10.0 Å². The summed E-state index contributed by atoms with van der Waals surface area (Å²) in [6.45, 7) is 1.04. The van der Waals surface area contributed by atoms with Crippen molar-refractivity contribution >= 4 is 22.6 Å². The van der Waals surface area contributed by atoms with Crippen LogP contribution in [0.25, 0.3) is 10.9 Å². The number of carbonyl (C=O) groups excluding carboxylic acids is 2. The SMILES string of the molecule is O=C(c1n[nH]c2cc(O)c(C(=O)N3Cc4ccccc4C3)cc12)C1CCCCC1. The fourth-order valence-corrected chi connectivity index (χ4v) is 4.62. The number of amides is 1. The summed E-state index contributed by atoms with van der Waals surface area (Å²) in [4.78, 5) is 27.9. The predicted molar refractivity (Wildman–Crippen MR) is 109 cm³/mol. The second kappa shape index (κ2) is 7.03. The number of H-pyrrole nitrogens is 1. The van der Waals surface area contributed by atoms with Gasteiger partial charge in [0.15, 0.2) is 5.78 Å². The van der Waals surface area contributed by atoms with Crippen LogP contribution in [0.3, 0.4) is 0 Å². The van der Waals surface area contributed by atoms with Crippen LogP contribution in [0.4, 0.5) is 0 Å². The number of aromatic nitrogens is 2. The first-order valence-electron chi connectivity index (χ1n) is 10.2. The summed E-state index contributed by atoms with van der Waals surface area (Å²) in [6.07, 6.45) is 5.10. The predicted octanol–water partition coefficient (Wildman–Crippen LogP) is 4.19. The Morgan fingerprint density at radius 1 is 1.03 bits per heavy atom. The monoisotopic (exact) mass is 389 g/mol. The lowest BCUT2D eigenvalue weighted by atomic mass is 9.84. The largest absolute Gasteiger partial charge is 0.507 e. The molecule has 6 heteroatoms. The second-order valence-electron chi connectivity index (χ2n) is 8.12. The Kier molecular flexibility index (Phi) is 4.34. The van der Waals surface area contributed by atoms with Crippen LogP contribution in [-0.4, -0.2) is 31.9 Å². The van der Waals surface area contributed by atoms with Gasteiger partial charge in [-0.1, -0.05) is 43.5 Å². The van der Waals surface area contributed by atoms with Gasteiger partial charge in [0.1, 0.15) is 11.4 Å². The van der Waals surface area contributed by atoms with Gasteiger partial charge in [0, 0.05) is 30.5 Å². The highest BCUT2D eigenvalue weighted by Crippen LogP contribution is 2.33. The van der Waals surface area contributed by atoms with Crippen LogP contribution in [0.2, 0.25) is 0 Å². The molecule has 1 aromatic heterocycles. The zero-order valence-electron chi connectivity index (χ0n) is 16.1. The lowest BCUT2D eigenvalue weighted by Gasteiger charge is -2.19. The molecule has 0 atom stereocenters.